The quantitative estimate of drug-likeness (QED) is 0.848. The zero-order chi connectivity index (χ0) is 9.97. The second-order valence-corrected chi connectivity index (χ2v) is 5.64. The molecular weight excluding hydrogens is 266 g/mol. The summed E-state index contributed by atoms with van der Waals surface area (Å²) < 4.78 is 0.817. The number of anilines is 1. The topological polar surface area (TPSA) is 49.2 Å². The second-order valence-electron chi connectivity index (χ2n) is 3.41. The highest BCUT2D eigenvalue weighted by Gasteiger charge is 2.17. The summed E-state index contributed by atoms with van der Waals surface area (Å²) in [4.78, 5) is 2.19. The summed E-state index contributed by atoms with van der Waals surface area (Å²) in [5.41, 5.74) is 0. The molecule has 1 fully saturated rings. The van der Waals surface area contributed by atoms with Crippen LogP contribution in [0.25, 0.3) is 0 Å². The minimum absolute atomic E-state index is 0.142. The van der Waals surface area contributed by atoms with Crippen molar-refractivity contribution in [3.8, 4) is 0 Å². The molecule has 1 N–H and O–H groups in total. The van der Waals surface area contributed by atoms with E-state index in [1.807, 2.05) is 0 Å². The van der Waals surface area contributed by atoms with E-state index >= 15 is 0 Å². The Bertz CT molecular complexity index is 307. The maximum atomic E-state index is 9.49. The molecule has 0 spiro atoms. The fourth-order valence-corrected chi connectivity index (χ4v) is 2.74. The number of rotatable bonds is 1. The molecule has 0 amide bonds. The highest BCUT2D eigenvalue weighted by atomic mass is 79.9. The largest absolute Gasteiger partial charge is 0.393 e. The molecule has 0 aromatic carbocycles. The predicted molar refractivity (Wildman–Crippen MR) is 59.7 cm³/mol. The van der Waals surface area contributed by atoms with Crippen LogP contribution in [0.2, 0.25) is 0 Å². The number of halogens is 1. The van der Waals surface area contributed by atoms with Gasteiger partial charge in [-0.2, -0.15) is 0 Å². The molecule has 2 heterocycles. The molecule has 1 aliphatic heterocycles. The van der Waals surface area contributed by atoms with Gasteiger partial charge in [-0.05, 0) is 35.2 Å². The Kier molecular flexibility index (Phi) is 3.35. The van der Waals surface area contributed by atoms with Crippen molar-refractivity contribution in [3.05, 3.63) is 3.92 Å². The fraction of sp³-hybridized carbons (Fsp3) is 0.750. The highest BCUT2D eigenvalue weighted by molar-refractivity contribution is 9.11. The lowest BCUT2D eigenvalue weighted by Gasteiger charge is -2.17. The summed E-state index contributed by atoms with van der Waals surface area (Å²) in [5.74, 6) is 0. The van der Waals surface area contributed by atoms with Crippen LogP contribution in [0.5, 0.6) is 0 Å². The van der Waals surface area contributed by atoms with Crippen molar-refractivity contribution in [1.29, 1.82) is 0 Å². The van der Waals surface area contributed by atoms with Gasteiger partial charge in [0, 0.05) is 13.1 Å². The van der Waals surface area contributed by atoms with Crippen LogP contribution in [0.3, 0.4) is 0 Å². The molecule has 0 saturated carbocycles. The van der Waals surface area contributed by atoms with Crippen molar-refractivity contribution < 1.29 is 5.11 Å². The van der Waals surface area contributed by atoms with Crippen LogP contribution in [0.4, 0.5) is 5.13 Å². The highest BCUT2D eigenvalue weighted by Crippen LogP contribution is 2.26. The number of nitrogens with zero attached hydrogens (tertiary/aromatic N) is 3. The molecule has 78 valence electrons. The molecule has 1 aromatic heterocycles. The zero-order valence-electron chi connectivity index (χ0n) is 7.69. The average Bonchev–Trinajstić information content (AvgIpc) is 2.46. The third-order valence-electron chi connectivity index (χ3n) is 2.36. The summed E-state index contributed by atoms with van der Waals surface area (Å²) in [5, 5.41) is 18.4. The Morgan fingerprint density at radius 2 is 2.21 bits per heavy atom. The smallest absolute Gasteiger partial charge is 0.209 e. The molecule has 0 aliphatic carbocycles. The minimum atomic E-state index is -0.142. The first-order valence-electron chi connectivity index (χ1n) is 4.68. The van der Waals surface area contributed by atoms with E-state index in [0.29, 0.717) is 0 Å². The number of hydrogen-bond donors (Lipinski definition) is 1. The van der Waals surface area contributed by atoms with Crippen molar-refractivity contribution in [2.45, 2.75) is 25.4 Å². The lowest BCUT2D eigenvalue weighted by atomic mass is 10.2. The molecule has 4 nitrogen and oxygen atoms in total. The van der Waals surface area contributed by atoms with Crippen molar-refractivity contribution in [2.75, 3.05) is 18.0 Å². The van der Waals surface area contributed by atoms with E-state index in [9.17, 15) is 5.11 Å². The van der Waals surface area contributed by atoms with Crippen LogP contribution in [-0.2, 0) is 0 Å². The van der Waals surface area contributed by atoms with Crippen molar-refractivity contribution in [3.63, 3.8) is 0 Å². The van der Waals surface area contributed by atoms with Crippen LogP contribution >= 0.6 is 27.3 Å². The molecule has 2 rings (SSSR count). The first kappa shape index (κ1) is 10.3. The van der Waals surface area contributed by atoms with Gasteiger partial charge in [-0.3, -0.25) is 0 Å². The summed E-state index contributed by atoms with van der Waals surface area (Å²) in [6.45, 7) is 1.85. The Morgan fingerprint density at radius 1 is 1.36 bits per heavy atom. The van der Waals surface area contributed by atoms with Gasteiger partial charge >= 0.3 is 0 Å². The van der Waals surface area contributed by atoms with Gasteiger partial charge in [-0.25, -0.2) is 0 Å². The Morgan fingerprint density at radius 3 is 2.93 bits per heavy atom. The third-order valence-corrected chi connectivity index (χ3v) is 3.77. The molecule has 14 heavy (non-hydrogen) atoms. The number of aromatic nitrogens is 2. The molecule has 1 aromatic rings. The maximum Gasteiger partial charge on any atom is 0.209 e. The van der Waals surface area contributed by atoms with Crippen molar-refractivity contribution in [1.82, 2.24) is 10.2 Å². The maximum absolute atomic E-state index is 9.49. The van der Waals surface area contributed by atoms with Crippen molar-refractivity contribution in [2.24, 2.45) is 0 Å². The van der Waals surface area contributed by atoms with Crippen LogP contribution < -0.4 is 4.90 Å². The zero-order valence-corrected chi connectivity index (χ0v) is 10.1. The second kappa shape index (κ2) is 4.55. The van der Waals surface area contributed by atoms with Gasteiger partial charge in [0.1, 0.15) is 0 Å². The van der Waals surface area contributed by atoms with E-state index in [1.54, 1.807) is 11.3 Å². The fourth-order valence-electron chi connectivity index (χ4n) is 1.60. The van der Waals surface area contributed by atoms with E-state index in [4.69, 9.17) is 0 Å². The Labute approximate surface area is 95.1 Å². The molecule has 6 heteroatoms. The predicted octanol–water partition coefficient (Wildman–Crippen LogP) is 1.65. The SMILES string of the molecule is OC1CCCN(c2nnc(Br)s2)CC1. The van der Waals surface area contributed by atoms with Crippen LogP contribution in [0.15, 0.2) is 3.92 Å². The molecule has 1 aliphatic rings. The lowest BCUT2D eigenvalue weighted by molar-refractivity contribution is 0.161. The Hall–Kier alpha value is -0.200. The average molecular weight is 278 g/mol. The molecule has 1 atom stereocenters. The van der Waals surface area contributed by atoms with E-state index < -0.39 is 0 Å². The molecule has 1 saturated heterocycles. The summed E-state index contributed by atoms with van der Waals surface area (Å²) in [7, 11) is 0. The third kappa shape index (κ3) is 2.43. The number of hydrogen-bond acceptors (Lipinski definition) is 5. The van der Waals surface area contributed by atoms with E-state index in [2.05, 4.69) is 31.0 Å². The van der Waals surface area contributed by atoms with E-state index in [0.717, 1.165) is 41.4 Å². The standard InChI is InChI=1S/C8H12BrN3OS/c9-7-10-11-8(14-7)12-4-1-2-6(13)3-5-12/h6,13H,1-5H2. The van der Waals surface area contributed by atoms with E-state index in [-0.39, 0.29) is 6.10 Å². The molecule has 0 bridgehead atoms. The monoisotopic (exact) mass is 277 g/mol. The lowest BCUT2D eigenvalue weighted by Crippen LogP contribution is -2.24. The number of aliphatic hydroxyl groups excluding tert-OH is 1. The summed E-state index contributed by atoms with van der Waals surface area (Å²) >= 11 is 4.84. The van der Waals surface area contributed by atoms with Gasteiger partial charge < -0.3 is 10.0 Å². The van der Waals surface area contributed by atoms with Crippen LogP contribution in [0, 0.1) is 0 Å². The summed E-state index contributed by atoms with van der Waals surface area (Å²) in [6, 6.07) is 0. The minimum Gasteiger partial charge on any atom is -0.393 e. The van der Waals surface area contributed by atoms with Crippen LogP contribution in [0.1, 0.15) is 19.3 Å². The molecule has 1 unspecified atom stereocenters. The van der Waals surface area contributed by atoms with Crippen molar-refractivity contribution >= 4 is 32.4 Å². The van der Waals surface area contributed by atoms with Gasteiger partial charge in [0.15, 0.2) is 3.92 Å². The first-order valence-corrected chi connectivity index (χ1v) is 6.28. The van der Waals surface area contributed by atoms with Gasteiger partial charge in [0.05, 0.1) is 6.10 Å². The molecular formula is C8H12BrN3OS. The van der Waals surface area contributed by atoms with Crippen LogP contribution in [-0.4, -0.2) is 34.5 Å². The molecule has 0 radical (unpaired) electrons. The van der Waals surface area contributed by atoms with Gasteiger partial charge in [-0.1, -0.05) is 11.3 Å². The first-order chi connectivity index (χ1) is 6.75. The van der Waals surface area contributed by atoms with Gasteiger partial charge in [0.2, 0.25) is 5.13 Å². The normalized spacial score (nSPS) is 23.6. The van der Waals surface area contributed by atoms with E-state index in [1.165, 1.54) is 0 Å². The summed E-state index contributed by atoms with van der Waals surface area (Å²) in [6.07, 6.45) is 2.61. The van der Waals surface area contributed by atoms with Gasteiger partial charge in [-0.15, -0.1) is 10.2 Å². The van der Waals surface area contributed by atoms with Gasteiger partial charge in [0.25, 0.3) is 0 Å². The number of aliphatic hydroxyl groups is 1. The Balaban J connectivity index is 2.04.